The molecule has 1 amide bonds. The van der Waals surface area contributed by atoms with Crippen molar-refractivity contribution in [3.05, 3.63) is 52.1 Å². The predicted molar refractivity (Wildman–Crippen MR) is 86.4 cm³/mol. The quantitative estimate of drug-likeness (QED) is 0.909. The van der Waals surface area contributed by atoms with Crippen LogP contribution < -0.4 is 5.76 Å². The van der Waals surface area contributed by atoms with Crippen LogP contribution in [-0.4, -0.2) is 41.2 Å². The van der Waals surface area contributed by atoms with Gasteiger partial charge in [0, 0.05) is 25.8 Å². The molecule has 25 heavy (non-hydrogen) atoms. The molecule has 1 aromatic heterocycles. The zero-order valence-electron chi connectivity index (χ0n) is 14.1. The molecule has 0 bridgehead atoms. The van der Waals surface area contributed by atoms with E-state index in [0.717, 1.165) is 12.8 Å². The van der Waals surface area contributed by atoms with E-state index in [1.54, 1.807) is 30.0 Å². The molecule has 1 aromatic carbocycles. The van der Waals surface area contributed by atoms with Crippen LogP contribution in [-0.2, 0) is 15.1 Å². The first-order valence-corrected chi connectivity index (χ1v) is 8.10. The van der Waals surface area contributed by atoms with E-state index in [4.69, 9.17) is 9.15 Å². The number of methoxy groups -OCH3 is 1. The van der Waals surface area contributed by atoms with Gasteiger partial charge in [0.2, 0.25) is 5.89 Å². The number of nitrogens with one attached hydrogen (secondary N) is 1. The van der Waals surface area contributed by atoms with Gasteiger partial charge in [-0.05, 0) is 25.8 Å². The summed E-state index contributed by atoms with van der Waals surface area (Å²) < 4.78 is 24.7. The summed E-state index contributed by atoms with van der Waals surface area (Å²) in [6.45, 7) is 2.42. The topological polar surface area (TPSA) is 88.4 Å². The number of carbonyl (C=O) groups is 1. The van der Waals surface area contributed by atoms with Crippen LogP contribution in [0.1, 0.15) is 37.1 Å². The Bertz CT molecular complexity index is 818. The van der Waals surface area contributed by atoms with Gasteiger partial charge in [0.25, 0.3) is 5.91 Å². The standard InChI is InChI=1S/C17H20FN3O4/c1-17(24-2,12-7-3-4-8-13(12)18)15(22)21-9-5-6-11(10-21)14-19-20-16(23)25-14/h3-4,7-8,11H,5-6,9-10H2,1-2H3,(H,20,23)/t11-,17+/m0/s1. The van der Waals surface area contributed by atoms with Crippen molar-refractivity contribution in [2.45, 2.75) is 31.3 Å². The molecule has 1 N–H and O–H groups in total. The monoisotopic (exact) mass is 349 g/mol. The van der Waals surface area contributed by atoms with Gasteiger partial charge >= 0.3 is 5.76 Å². The van der Waals surface area contributed by atoms with E-state index in [2.05, 4.69) is 10.2 Å². The lowest BCUT2D eigenvalue weighted by Gasteiger charge is -2.37. The third-order valence-corrected chi connectivity index (χ3v) is 4.72. The second kappa shape index (κ2) is 6.79. The minimum Gasteiger partial charge on any atom is -0.392 e. The Morgan fingerprint density at radius 3 is 2.88 bits per heavy atom. The number of halogens is 1. The van der Waals surface area contributed by atoms with Gasteiger partial charge in [0.05, 0.1) is 5.92 Å². The first kappa shape index (κ1) is 17.3. The SMILES string of the molecule is CO[C@@](C)(C(=O)N1CCC[C@H](c2n[nH]c(=O)o2)C1)c1ccccc1F. The highest BCUT2D eigenvalue weighted by molar-refractivity contribution is 5.86. The third-order valence-electron chi connectivity index (χ3n) is 4.72. The first-order valence-electron chi connectivity index (χ1n) is 8.10. The zero-order valence-corrected chi connectivity index (χ0v) is 14.1. The van der Waals surface area contributed by atoms with E-state index in [9.17, 15) is 14.0 Å². The van der Waals surface area contributed by atoms with Crippen LogP contribution in [0, 0.1) is 5.82 Å². The molecule has 3 rings (SSSR count). The van der Waals surface area contributed by atoms with E-state index in [1.807, 2.05) is 0 Å². The maximum absolute atomic E-state index is 14.2. The lowest BCUT2D eigenvalue weighted by Crippen LogP contribution is -2.50. The number of likely N-dealkylation sites (tertiary alicyclic amines) is 1. The summed E-state index contributed by atoms with van der Waals surface area (Å²) in [5, 5.41) is 6.09. The van der Waals surface area contributed by atoms with Crippen LogP contribution in [0.5, 0.6) is 0 Å². The second-order valence-electron chi connectivity index (χ2n) is 6.26. The van der Waals surface area contributed by atoms with Crippen molar-refractivity contribution in [3.63, 3.8) is 0 Å². The van der Waals surface area contributed by atoms with Crippen LogP contribution in [0.25, 0.3) is 0 Å². The van der Waals surface area contributed by atoms with Crippen molar-refractivity contribution in [1.29, 1.82) is 0 Å². The van der Waals surface area contributed by atoms with Crippen LogP contribution >= 0.6 is 0 Å². The maximum atomic E-state index is 14.2. The molecule has 1 aliphatic heterocycles. The number of amides is 1. The molecular formula is C17H20FN3O4. The van der Waals surface area contributed by atoms with Gasteiger partial charge in [-0.15, -0.1) is 5.10 Å². The van der Waals surface area contributed by atoms with Gasteiger partial charge < -0.3 is 14.1 Å². The molecule has 2 atom stereocenters. The molecule has 2 heterocycles. The number of hydrogen-bond acceptors (Lipinski definition) is 5. The Balaban J connectivity index is 1.85. The molecular weight excluding hydrogens is 329 g/mol. The molecule has 0 saturated carbocycles. The molecule has 8 heteroatoms. The van der Waals surface area contributed by atoms with Gasteiger partial charge in [-0.2, -0.15) is 0 Å². The van der Waals surface area contributed by atoms with E-state index in [-0.39, 0.29) is 23.3 Å². The molecule has 0 aliphatic carbocycles. The predicted octanol–water partition coefficient (Wildman–Crippen LogP) is 1.77. The van der Waals surface area contributed by atoms with Crippen LogP contribution in [0.4, 0.5) is 4.39 Å². The number of piperidine rings is 1. The molecule has 1 saturated heterocycles. The van der Waals surface area contributed by atoms with Gasteiger partial charge in [0.1, 0.15) is 5.82 Å². The van der Waals surface area contributed by atoms with Gasteiger partial charge in [0.15, 0.2) is 5.60 Å². The van der Waals surface area contributed by atoms with Crippen LogP contribution in [0.2, 0.25) is 0 Å². The lowest BCUT2D eigenvalue weighted by molar-refractivity contribution is -0.156. The Morgan fingerprint density at radius 2 is 2.24 bits per heavy atom. The van der Waals surface area contributed by atoms with Crippen LogP contribution in [0.3, 0.4) is 0 Å². The number of hydrogen-bond donors (Lipinski definition) is 1. The Morgan fingerprint density at radius 1 is 1.48 bits per heavy atom. The summed E-state index contributed by atoms with van der Waals surface area (Å²) in [5.74, 6) is -1.34. The van der Waals surface area contributed by atoms with E-state index >= 15 is 0 Å². The van der Waals surface area contributed by atoms with Crippen molar-refractivity contribution < 1.29 is 18.3 Å². The average molecular weight is 349 g/mol. The Hall–Kier alpha value is -2.48. The van der Waals surface area contributed by atoms with E-state index < -0.39 is 17.2 Å². The normalized spacial score (nSPS) is 20.3. The first-order chi connectivity index (χ1) is 12.0. The molecule has 7 nitrogen and oxygen atoms in total. The summed E-state index contributed by atoms with van der Waals surface area (Å²) in [5.41, 5.74) is -1.24. The second-order valence-corrected chi connectivity index (χ2v) is 6.26. The maximum Gasteiger partial charge on any atom is 0.434 e. The largest absolute Gasteiger partial charge is 0.434 e. The molecule has 0 radical (unpaired) electrons. The Kier molecular flexibility index (Phi) is 4.71. The fourth-order valence-corrected chi connectivity index (χ4v) is 3.24. The summed E-state index contributed by atoms with van der Waals surface area (Å²) in [6.07, 6.45) is 1.48. The van der Waals surface area contributed by atoms with E-state index in [0.29, 0.717) is 13.1 Å². The van der Waals surface area contributed by atoms with Gasteiger partial charge in [-0.1, -0.05) is 18.2 Å². The fraction of sp³-hybridized carbons (Fsp3) is 0.471. The van der Waals surface area contributed by atoms with Gasteiger partial charge in [-0.25, -0.2) is 14.3 Å². The Labute approximate surface area is 143 Å². The van der Waals surface area contributed by atoms with Gasteiger partial charge in [-0.3, -0.25) is 4.79 Å². The number of benzene rings is 1. The molecule has 1 aliphatic rings. The third kappa shape index (κ3) is 3.21. The highest BCUT2D eigenvalue weighted by atomic mass is 19.1. The summed E-state index contributed by atoms with van der Waals surface area (Å²) in [6, 6.07) is 6.08. The van der Waals surface area contributed by atoms with Crippen molar-refractivity contribution in [2.24, 2.45) is 0 Å². The smallest absolute Gasteiger partial charge is 0.392 e. The van der Waals surface area contributed by atoms with E-state index in [1.165, 1.54) is 13.2 Å². The molecule has 0 spiro atoms. The van der Waals surface area contributed by atoms with Crippen molar-refractivity contribution >= 4 is 5.91 Å². The van der Waals surface area contributed by atoms with Crippen molar-refractivity contribution in [3.8, 4) is 0 Å². The summed E-state index contributed by atoms with van der Waals surface area (Å²) in [7, 11) is 1.39. The number of rotatable bonds is 4. The number of ether oxygens (including phenoxy) is 1. The number of aromatic amines is 1. The van der Waals surface area contributed by atoms with Crippen LogP contribution in [0.15, 0.2) is 33.5 Å². The minimum atomic E-state index is -1.43. The fourth-order valence-electron chi connectivity index (χ4n) is 3.24. The molecule has 1 fully saturated rings. The highest BCUT2D eigenvalue weighted by Crippen LogP contribution is 2.32. The lowest BCUT2D eigenvalue weighted by atomic mass is 9.91. The van der Waals surface area contributed by atoms with Crippen molar-refractivity contribution in [1.82, 2.24) is 15.1 Å². The molecule has 134 valence electrons. The number of H-pyrrole nitrogens is 1. The summed E-state index contributed by atoms with van der Waals surface area (Å²) >= 11 is 0. The number of nitrogens with zero attached hydrogens (tertiary/aromatic N) is 2. The highest BCUT2D eigenvalue weighted by Gasteiger charge is 2.42. The minimum absolute atomic E-state index is 0.182. The molecule has 2 aromatic rings. The zero-order chi connectivity index (χ0) is 18.0. The number of carbonyl (C=O) groups excluding carboxylic acids is 1. The number of aromatic nitrogens is 2. The average Bonchev–Trinajstić information content (AvgIpc) is 3.07. The summed E-state index contributed by atoms with van der Waals surface area (Å²) in [4.78, 5) is 25.9. The van der Waals surface area contributed by atoms with Crippen molar-refractivity contribution in [2.75, 3.05) is 20.2 Å². The molecule has 0 unspecified atom stereocenters.